The molecule has 0 saturated carbocycles. The van der Waals surface area contributed by atoms with Gasteiger partial charge in [-0.05, 0) is 32.4 Å². The van der Waals surface area contributed by atoms with Crippen LogP contribution in [0, 0.1) is 6.92 Å². The summed E-state index contributed by atoms with van der Waals surface area (Å²) in [6.07, 6.45) is 1.50. The SMILES string of the molecule is CCOC(=O)c1ncn2c1c(=O)n(CC)c1c(C)cccc12. The van der Waals surface area contributed by atoms with Crippen LogP contribution >= 0.6 is 0 Å². The lowest BCUT2D eigenvalue weighted by Crippen LogP contribution is -2.24. The lowest BCUT2D eigenvalue weighted by molar-refractivity contribution is 0.0522. The van der Waals surface area contributed by atoms with Crippen LogP contribution in [0.15, 0.2) is 29.3 Å². The summed E-state index contributed by atoms with van der Waals surface area (Å²) in [4.78, 5) is 28.9. The zero-order valence-electron chi connectivity index (χ0n) is 12.8. The van der Waals surface area contributed by atoms with Gasteiger partial charge in [0, 0.05) is 6.54 Å². The van der Waals surface area contributed by atoms with Crippen molar-refractivity contribution in [2.75, 3.05) is 6.61 Å². The van der Waals surface area contributed by atoms with Gasteiger partial charge in [0.05, 0.1) is 17.6 Å². The van der Waals surface area contributed by atoms with E-state index in [1.807, 2.05) is 32.0 Å². The number of carbonyl (C=O) groups excluding carboxylic acids is 1. The average molecular weight is 299 g/mol. The minimum atomic E-state index is -0.572. The molecule has 0 bridgehead atoms. The fourth-order valence-electron chi connectivity index (χ4n) is 2.80. The fourth-order valence-corrected chi connectivity index (χ4v) is 2.80. The van der Waals surface area contributed by atoms with E-state index in [0.717, 1.165) is 16.6 Å². The molecule has 3 aromatic rings. The minimum absolute atomic E-state index is 0.0671. The molecule has 0 aliphatic rings. The Kier molecular flexibility index (Phi) is 3.44. The molecule has 1 aromatic carbocycles. The molecule has 6 nitrogen and oxygen atoms in total. The maximum Gasteiger partial charge on any atom is 0.359 e. The lowest BCUT2D eigenvalue weighted by Gasteiger charge is -2.12. The summed E-state index contributed by atoms with van der Waals surface area (Å²) in [6, 6.07) is 5.80. The van der Waals surface area contributed by atoms with Crippen molar-refractivity contribution in [1.82, 2.24) is 14.0 Å². The standard InChI is InChI=1S/C16H17N3O3/c1-4-18-13-10(3)7-6-8-11(13)19-9-17-12(14(19)15(18)20)16(21)22-5-2/h6-9H,4-5H2,1-3H3. The van der Waals surface area contributed by atoms with Crippen molar-refractivity contribution >= 4 is 22.5 Å². The Bertz CT molecular complexity index is 937. The van der Waals surface area contributed by atoms with Crippen LogP contribution in [-0.4, -0.2) is 26.5 Å². The number of fused-ring (bicyclic) bond motifs is 3. The lowest BCUT2D eigenvalue weighted by atomic mass is 10.2. The van der Waals surface area contributed by atoms with Crippen LogP contribution < -0.4 is 5.56 Å². The van der Waals surface area contributed by atoms with Crippen molar-refractivity contribution in [2.24, 2.45) is 0 Å². The Labute approximate surface area is 127 Å². The van der Waals surface area contributed by atoms with Gasteiger partial charge in [0.2, 0.25) is 0 Å². The summed E-state index contributed by atoms with van der Waals surface area (Å²) in [6.45, 7) is 6.35. The number of hydrogen-bond acceptors (Lipinski definition) is 4. The Hall–Kier alpha value is -2.63. The third-order valence-corrected chi connectivity index (χ3v) is 3.75. The molecule has 2 aromatic heterocycles. The van der Waals surface area contributed by atoms with Crippen molar-refractivity contribution in [2.45, 2.75) is 27.3 Å². The fraction of sp³-hybridized carbons (Fsp3) is 0.312. The highest BCUT2D eigenvalue weighted by Gasteiger charge is 2.21. The first-order chi connectivity index (χ1) is 10.6. The molecular formula is C16H17N3O3. The molecule has 2 heterocycles. The molecule has 0 radical (unpaired) electrons. The predicted molar refractivity (Wildman–Crippen MR) is 83.3 cm³/mol. The van der Waals surface area contributed by atoms with E-state index in [4.69, 9.17) is 4.74 Å². The average Bonchev–Trinajstić information content (AvgIpc) is 2.94. The number of esters is 1. The van der Waals surface area contributed by atoms with E-state index in [0.29, 0.717) is 6.54 Å². The van der Waals surface area contributed by atoms with Gasteiger partial charge in [-0.2, -0.15) is 0 Å². The Morgan fingerprint density at radius 3 is 2.73 bits per heavy atom. The summed E-state index contributed by atoms with van der Waals surface area (Å²) in [7, 11) is 0. The molecule has 0 saturated heterocycles. The van der Waals surface area contributed by atoms with Crippen molar-refractivity contribution in [3.8, 4) is 0 Å². The molecular weight excluding hydrogens is 282 g/mol. The first-order valence-electron chi connectivity index (χ1n) is 7.26. The summed E-state index contributed by atoms with van der Waals surface area (Å²) in [5, 5.41) is 0. The smallest absolute Gasteiger partial charge is 0.359 e. The van der Waals surface area contributed by atoms with Crippen molar-refractivity contribution in [1.29, 1.82) is 0 Å². The maximum absolute atomic E-state index is 12.8. The second-order valence-electron chi connectivity index (χ2n) is 5.02. The molecule has 0 aliphatic heterocycles. The largest absolute Gasteiger partial charge is 0.461 e. The first kappa shape index (κ1) is 14.3. The molecule has 0 aliphatic carbocycles. The van der Waals surface area contributed by atoms with Gasteiger partial charge in [0.1, 0.15) is 11.8 Å². The van der Waals surface area contributed by atoms with Gasteiger partial charge in [-0.15, -0.1) is 0 Å². The van der Waals surface area contributed by atoms with Crippen LogP contribution in [0.3, 0.4) is 0 Å². The number of ether oxygens (including phenoxy) is 1. The number of imidazole rings is 1. The predicted octanol–water partition coefficient (Wildman–Crippen LogP) is 2.15. The van der Waals surface area contributed by atoms with Crippen LogP contribution in [0.1, 0.15) is 29.9 Å². The Morgan fingerprint density at radius 2 is 2.05 bits per heavy atom. The third kappa shape index (κ3) is 1.91. The number of carbonyl (C=O) groups is 1. The van der Waals surface area contributed by atoms with E-state index < -0.39 is 5.97 Å². The molecule has 0 amide bonds. The number of rotatable bonds is 3. The van der Waals surface area contributed by atoms with Crippen molar-refractivity contribution in [3.05, 3.63) is 46.1 Å². The zero-order chi connectivity index (χ0) is 15.9. The quantitative estimate of drug-likeness (QED) is 0.695. The normalized spacial score (nSPS) is 11.2. The topological polar surface area (TPSA) is 65.6 Å². The van der Waals surface area contributed by atoms with Crippen LogP contribution in [0.4, 0.5) is 0 Å². The minimum Gasteiger partial charge on any atom is -0.461 e. The van der Waals surface area contributed by atoms with E-state index in [9.17, 15) is 9.59 Å². The number of aryl methyl sites for hydroxylation is 2. The summed E-state index contributed by atoms with van der Waals surface area (Å²) in [5.41, 5.74) is 2.81. The van der Waals surface area contributed by atoms with Gasteiger partial charge in [0.15, 0.2) is 5.69 Å². The van der Waals surface area contributed by atoms with Gasteiger partial charge in [0.25, 0.3) is 5.56 Å². The molecule has 0 N–H and O–H groups in total. The van der Waals surface area contributed by atoms with E-state index in [2.05, 4.69) is 4.98 Å². The molecule has 3 rings (SSSR count). The van der Waals surface area contributed by atoms with Gasteiger partial charge in [-0.1, -0.05) is 12.1 Å². The highest BCUT2D eigenvalue weighted by atomic mass is 16.5. The Balaban J connectivity index is 2.49. The molecule has 0 unspecified atom stereocenters. The van der Waals surface area contributed by atoms with E-state index in [1.54, 1.807) is 15.9 Å². The number of aromatic nitrogens is 3. The van der Waals surface area contributed by atoms with Crippen molar-refractivity contribution in [3.63, 3.8) is 0 Å². The number of benzene rings is 1. The summed E-state index contributed by atoms with van der Waals surface area (Å²) < 4.78 is 8.34. The van der Waals surface area contributed by atoms with Crippen molar-refractivity contribution < 1.29 is 9.53 Å². The molecule has 0 spiro atoms. The van der Waals surface area contributed by atoms with Crippen LogP contribution in [0.5, 0.6) is 0 Å². The summed E-state index contributed by atoms with van der Waals surface area (Å²) in [5.74, 6) is -0.572. The van der Waals surface area contributed by atoms with E-state index >= 15 is 0 Å². The number of nitrogens with zero attached hydrogens (tertiary/aromatic N) is 3. The van der Waals surface area contributed by atoms with Gasteiger partial charge >= 0.3 is 5.97 Å². The van der Waals surface area contributed by atoms with Gasteiger partial charge in [-0.3, -0.25) is 9.20 Å². The second kappa shape index (κ2) is 5.29. The van der Waals surface area contributed by atoms with Crippen LogP contribution in [0.2, 0.25) is 0 Å². The first-order valence-corrected chi connectivity index (χ1v) is 7.26. The molecule has 0 fully saturated rings. The molecule has 6 heteroatoms. The van der Waals surface area contributed by atoms with E-state index in [1.165, 1.54) is 6.33 Å². The van der Waals surface area contributed by atoms with Crippen LogP contribution in [-0.2, 0) is 11.3 Å². The molecule has 22 heavy (non-hydrogen) atoms. The molecule has 114 valence electrons. The van der Waals surface area contributed by atoms with Gasteiger partial charge in [-0.25, -0.2) is 9.78 Å². The van der Waals surface area contributed by atoms with Gasteiger partial charge < -0.3 is 9.30 Å². The third-order valence-electron chi connectivity index (χ3n) is 3.75. The molecule has 0 atom stereocenters. The number of para-hydroxylation sites is 1. The highest BCUT2D eigenvalue weighted by molar-refractivity contribution is 5.96. The Morgan fingerprint density at radius 1 is 1.27 bits per heavy atom. The zero-order valence-corrected chi connectivity index (χ0v) is 12.8. The van der Waals surface area contributed by atoms with Crippen LogP contribution in [0.25, 0.3) is 16.6 Å². The highest BCUT2D eigenvalue weighted by Crippen LogP contribution is 2.20. The monoisotopic (exact) mass is 299 g/mol. The van der Waals surface area contributed by atoms with E-state index in [-0.39, 0.29) is 23.4 Å². The number of hydrogen-bond donors (Lipinski definition) is 0. The second-order valence-corrected chi connectivity index (χ2v) is 5.02. The summed E-state index contributed by atoms with van der Waals surface area (Å²) >= 11 is 0. The maximum atomic E-state index is 12.8.